The Labute approximate surface area is 173 Å². The minimum Gasteiger partial charge on any atom is -0.381 e. The molecule has 2 aliphatic rings. The van der Waals surface area contributed by atoms with Gasteiger partial charge in [0.25, 0.3) is 5.91 Å². The van der Waals surface area contributed by atoms with Gasteiger partial charge in [-0.1, -0.05) is 6.07 Å². The smallest absolute Gasteiger partial charge is 0.252 e. The first-order valence-electron chi connectivity index (χ1n) is 10.3. The summed E-state index contributed by atoms with van der Waals surface area (Å²) in [4.78, 5) is 38.5. The van der Waals surface area contributed by atoms with E-state index in [4.69, 9.17) is 5.73 Å². The van der Waals surface area contributed by atoms with Crippen molar-refractivity contribution in [1.82, 2.24) is 19.9 Å². The number of nitrogens with one attached hydrogen (secondary N) is 2. The lowest BCUT2D eigenvalue weighted by molar-refractivity contribution is -0.134. The second-order valence-corrected chi connectivity index (χ2v) is 8.19. The number of nitrogens with zero attached hydrogens (tertiary/aromatic N) is 3. The summed E-state index contributed by atoms with van der Waals surface area (Å²) in [6.07, 6.45) is 10.9. The molecule has 154 valence electrons. The number of nitrogens with two attached hydrogens (primary N) is 1. The number of primary amides is 1. The Morgan fingerprint density at radius 2 is 2.00 bits per heavy atom. The molecule has 5 heterocycles. The van der Waals surface area contributed by atoms with Gasteiger partial charge in [-0.25, -0.2) is 4.98 Å². The van der Waals surface area contributed by atoms with Gasteiger partial charge in [0.2, 0.25) is 5.91 Å². The predicted octanol–water partition coefficient (Wildman–Crippen LogP) is 2.23. The van der Waals surface area contributed by atoms with Gasteiger partial charge >= 0.3 is 0 Å². The first-order valence-corrected chi connectivity index (χ1v) is 10.3. The van der Waals surface area contributed by atoms with E-state index in [9.17, 15) is 9.59 Å². The van der Waals surface area contributed by atoms with Crippen LogP contribution in [0.3, 0.4) is 0 Å². The zero-order chi connectivity index (χ0) is 20.7. The van der Waals surface area contributed by atoms with Gasteiger partial charge in [0.1, 0.15) is 5.65 Å². The zero-order valence-electron chi connectivity index (χ0n) is 16.5. The summed E-state index contributed by atoms with van der Waals surface area (Å²) in [5, 5.41) is 4.42. The maximum atomic E-state index is 13.0. The summed E-state index contributed by atoms with van der Waals surface area (Å²) < 4.78 is 0. The molecule has 2 amide bonds. The first-order chi connectivity index (χ1) is 14.6. The number of H-pyrrole nitrogens is 1. The number of rotatable bonds is 5. The molecule has 8 heteroatoms. The second-order valence-electron chi connectivity index (χ2n) is 8.19. The normalized spacial score (nSPS) is 22.9. The Hall–Kier alpha value is -3.42. The summed E-state index contributed by atoms with van der Waals surface area (Å²) in [6, 6.07) is 6.30. The molecule has 3 aromatic rings. The molecule has 3 aromatic heterocycles. The number of carbonyl (C=O) groups is 2. The van der Waals surface area contributed by atoms with Crippen molar-refractivity contribution in [2.75, 3.05) is 5.32 Å². The lowest BCUT2D eigenvalue weighted by Crippen LogP contribution is -2.50. The average molecular weight is 404 g/mol. The highest BCUT2D eigenvalue weighted by Gasteiger charge is 2.43. The standard InChI is InChI=1S/C22H24N6O2/c23-21(30)18-12-26-22-17(5-7-25-22)20(18)27-14-9-15-3-4-16(10-14)28(15)19(29)8-13-2-1-6-24-11-13/h1-2,5-7,11-12,14-16H,3-4,8-10H2,(H2,23,30)(H2,25,26,27)/t14-,15-,16+. The van der Waals surface area contributed by atoms with Crippen molar-refractivity contribution < 1.29 is 9.59 Å². The number of fused-ring (bicyclic) bond motifs is 3. The number of aromatic amines is 1. The number of anilines is 1. The third-order valence-corrected chi connectivity index (χ3v) is 6.30. The van der Waals surface area contributed by atoms with Crippen LogP contribution in [0.2, 0.25) is 0 Å². The molecule has 0 saturated carbocycles. The lowest BCUT2D eigenvalue weighted by Gasteiger charge is -2.40. The third-order valence-electron chi connectivity index (χ3n) is 6.30. The molecular weight excluding hydrogens is 380 g/mol. The van der Waals surface area contributed by atoms with Gasteiger partial charge in [-0.2, -0.15) is 0 Å². The molecule has 0 aliphatic carbocycles. The number of carbonyl (C=O) groups excluding carboxylic acids is 2. The number of amides is 2. The molecule has 8 nitrogen and oxygen atoms in total. The fourth-order valence-electron chi connectivity index (χ4n) is 5.03. The monoisotopic (exact) mass is 404 g/mol. The Bertz CT molecular complexity index is 1080. The zero-order valence-corrected chi connectivity index (χ0v) is 16.5. The van der Waals surface area contributed by atoms with Crippen LogP contribution in [0.4, 0.5) is 5.69 Å². The van der Waals surface area contributed by atoms with Crippen molar-refractivity contribution in [2.24, 2.45) is 5.73 Å². The van der Waals surface area contributed by atoms with Crippen molar-refractivity contribution in [1.29, 1.82) is 0 Å². The topological polar surface area (TPSA) is 117 Å². The van der Waals surface area contributed by atoms with Crippen LogP contribution in [0.1, 0.15) is 41.6 Å². The number of pyridine rings is 2. The maximum absolute atomic E-state index is 13.0. The van der Waals surface area contributed by atoms with Crippen molar-refractivity contribution in [2.45, 2.75) is 50.2 Å². The molecule has 0 unspecified atom stereocenters. The lowest BCUT2D eigenvalue weighted by atomic mass is 9.95. The molecule has 4 N–H and O–H groups in total. The van der Waals surface area contributed by atoms with Crippen molar-refractivity contribution in [3.05, 3.63) is 54.1 Å². The number of piperidine rings is 1. The summed E-state index contributed by atoms with van der Waals surface area (Å²) in [6.45, 7) is 0. The average Bonchev–Trinajstić information content (AvgIpc) is 3.31. The summed E-state index contributed by atoms with van der Waals surface area (Å²) >= 11 is 0. The quantitative estimate of drug-likeness (QED) is 0.603. The predicted molar refractivity (Wildman–Crippen MR) is 113 cm³/mol. The van der Waals surface area contributed by atoms with Gasteiger partial charge in [-0.05, 0) is 43.4 Å². The Morgan fingerprint density at radius 1 is 1.20 bits per heavy atom. The summed E-state index contributed by atoms with van der Waals surface area (Å²) in [5.41, 5.74) is 8.38. The van der Waals surface area contributed by atoms with Crippen LogP contribution in [-0.4, -0.2) is 49.8 Å². The van der Waals surface area contributed by atoms with Crippen molar-refractivity contribution in [3.63, 3.8) is 0 Å². The molecule has 0 spiro atoms. The van der Waals surface area contributed by atoms with E-state index in [-0.39, 0.29) is 24.0 Å². The van der Waals surface area contributed by atoms with E-state index >= 15 is 0 Å². The molecular formula is C22H24N6O2. The minimum atomic E-state index is -0.500. The maximum Gasteiger partial charge on any atom is 0.252 e. The Kier molecular flexibility index (Phi) is 4.61. The molecule has 5 rings (SSSR count). The van der Waals surface area contributed by atoms with E-state index in [1.54, 1.807) is 18.6 Å². The SMILES string of the molecule is NC(=O)c1cnc2[nH]ccc2c1N[C@@H]1C[C@H]2CC[C@@H](C1)N2C(=O)Cc1cccnc1. The van der Waals surface area contributed by atoms with Gasteiger partial charge in [0.05, 0.1) is 17.7 Å². The molecule has 2 fully saturated rings. The highest BCUT2D eigenvalue weighted by Crippen LogP contribution is 2.38. The Morgan fingerprint density at radius 3 is 2.70 bits per heavy atom. The van der Waals surface area contributed by atoms with Gasteiger partial charge in [0, 0.05) is 48.3 Å². The van der Waals surface area contributed by atoms with E-state index in [1.807, 2.05) is 18.2 Å². The van der Waals surface area contributed by atoms with Crippen LogP contribution in [0.25, 0.3) is 11.0 Å². The van der Waals surface area contributed by atoms with Gasteiger partial charge in [0.15, 0.2) is 0 Å². The number of aromatic nitrogens is 3. The van der Waals surface area contributed by atoms with E-state index < -0.39 is 5.91 Å². The molecule has 0 aromatic carbocycles. The van der Waals surface area contributed by atoms with Crippen LogP contribution in [0, 0.1) is 0 Å². The third kappa shape index (κ3) is 3.28. The second kappa shape index (κ2) is 7.44. The van der Waals surface area contributed by atoms with E-state index in [1.165, 1.54) is 6.20 Å². The van der Waals surface area contributed by atoms with E-state index in [0.29, 0.717) is 12.0 Å². The van der Waals surface area contributed by atoms with Crippen molar-refractivity contribution in [3.8, 4) is 0 Å². The Balaban J connectivity index is 1.34. The molecule has 2 aliphatic heterocycles. The number of hydrogen-bond donors (Lipinski definition) is 3. The van der Waals surface area contributed by atoms with Gasteiger partial charge < -0.3 is 20.9 Å². The summed E-state index contributed by atoms with van der Waals surface area (Å²) in [5.74, 6) is -0.330. The fourth-order valence-corrected chi connectivity index (χ4v) is 5.03. The molecule has 2 bridgehead atoms. The van der Waals surface area contributed by atoms with Gasteiger partial charge in [-0.3, -0.25) is 14.6 Å². The molecule has 3 atom stereocenters. The minimum absolute atomic E-state index is 0.170. The van der Waals surface area contributed by atoms with Crippen LogP contribution < -0.4 is 11.1 Å². The van der Waals surface area contributed by atoms with Crippen LogP contribution in [0.15, 0.2) is 43.0 Å². The molecule has 2 saturated heterocycles. The van der Waals surface area contributed by atoms with E-state index in [2.05, 4.69) is 25.2 Å². The fraction of sp³-hybridized carbons (Fsp3) is 0.364. The largest absolute Gasteiger partial charge is 0.381 e. The highest BCUT2D eigenvalue weighted by molar-refractivity contribution is 6.06. The highest BCUT2D eigenvalue weighted by atomic mass is 16.2. The molecule has 30 heavy (non-hydrogen) atoms. The van der Waals surface area contributed by atoms with Crippen LogP contribution in [-0.2, 0) is 11.2 Å². The van der Waals surface area contributed by atoms with Gasteiger partial charge in [-0.15, -0.1) is 0 Å². The van der Waals surface area contributed by atoms with Crippen molar-refractivity contribution >= 4 is 28.5 Å². The van der Waals surface area contributed by atoms with E-state index in [0.717, 1.165) is 48.0 Å². The van der Waals surface area contributed by atoms with Crippen LogP contribution >= 0.6 is 0 Å². The summed E-state index contributed by atoms with van der Waals surface area (Å²) in [7, 11) is 0. The first kappa shape index (κ1) is 18.6. The van der Waals surface area contributed by atoms with Crippen LogP contribution in [0.5, 0.6) is 0 Å². The number of hydrogen-bond acceptors (Lipinski definition) is 5. The molecule has 0 radical (unpaired) electrons.